The van der Waals surface area contributed by atoms with Crippen LogP contribution in [0.25, 0.3) is 0 Å². The summed E-state index contributed by atoms with van der Waals surface area (Å²) in [6, 6.07) is 1.19. The highest BCUT2D eigenvalue weighted by molar-refractivity contribution is 5.98. The van der Waals surface area contributed by atoms with Crippen molar-refractivity contribution >= 4 is 11.7 Å². The molecule has 0 atom stereocenters. The number of rotatable bonds is 7. The minimum absolute atomic E-state index is 0.0163. The average molecular weight is 283 g/mol. The number of carbonyl (C=O) groups is 1. The van der Waals surface area contributed by atoms with Crippen molar-refractivity contribution in [1.29, 1.82) is 0 Å². The summed E-state index contributed by atoms with van der Waals surface area (Å²) in [4.78, 5) is 18.0. The van der Waals surface area contributed by atoms with E-state index in [1.54, 1.807) is 11.9 Å². The van der Waals surface area contributed by atoms with Crippen LogP contribution in [0.15, 0.2) is 12.3 Å². The molecule has 0 spiro atoms. The van der Waals surface area contributed by atoms with Gasteiger partial charge in [0, 0.05) is 19.6 Å². The summed E-state index contributed by atoms with van der Waals surface area (Å²) in [6.07, 6.45) is 2.62. The van der Waals surface area contributed by atoms with E-state index >= 15 is 0 Å². The zero-order valence-electron chi connectivity index (χ0n) is 12.2. The molecule has 1 aromatic heterocycles. The molecule has 112 valence electrons. The molecule has 0 unspecified atom stereocenters. The van der Waals surface area contributed by atoms with Crippen molar-refractivity contribution in [2.75, 3.05) is 25.5 Å². The second-order valence-electron chi connectivity index (χ2n) is 4.49. The summed E-state index contributed by atoms with van der Waals surface area (Å²) in [5.41, 5.74) is 0.188. The van der Waals surface area contributed by atoms with Crippen LogP contribution < -0.4 is 5.32 Å². The van der Waals surface area contributed by atoms with Gasteiger partial charge in [-0.1, -0.05) is 13.8 Å². The lowest BCUT2D eigenvalue weighted by molar-refractivity contribution is 0.0622. The van der Waals surface area contributed by atoms with Crippen molar-refractivity contribution in [3.8, 4) is 0 Å². The minimum atomic E-state index is -0.555. The van der Waals surface area contributed by atoms with Gasteiger partial charge in [0.15, 0.2) is 0 Å². The maximum absolute atomic E-state index is 13.3. The molecule has 1 heterocycles. The number of nitrogens with zero attached hydrogens (tertiary/aromatic N) is 2. The number of hydrogen-bond donors (Lipinski definition) is 2. The van der Waals surface area contributed by atoms with E-state index in [0.717, 1.165) is 19.0 Å². The van der Waals surface area contributed by atoms with Crippen LogP contribution in [0.2, 0.25) is 0 Å². The van der Waals surface area contributed by atoms with Crippen LogP contribution in [0.1, 0.15) is 37.0 Å². The van der Waals surface area contributed by atoms with E-state index in [1.165, 1.54) is 6.07 Å². The molecule has 0 aromatic carbocycles. The third kappa shape index (κ3) is 3.66. The topological polar surface area (TPSA) is 65.5 Å². The Bertz CT molecular complexity index is 450. The molecule has 0 aliphatic heterocycles. The van der Waals surface area contributed by atoms with Crippen molar-refractivity contribution in [3.63, 3.8) is 0 Å². The SMILES string of the molecule is CCC(CC)N(CCO)C(=O)c1cc(F)cnc1NC. The van der Waals surface area contributed by atoms with Gasteiger partial charge in [0.25, 0.3) is 5.91 Å². The van der Waals surface area contributed by atoms with Crippen LogP contribution in [0.4, 0.5) is 10.2 Å². The van der Waals surface area contributed by atoms with Gasteiger partial charge in [0.05, 0.1) is 18.4 Å². The number of pyridine rings is 1. The number of aliphatic hydroxyl groups is 1. The summed E-state index contributed by atoms with van der Waals surface area (Å²) in [7, 11) is 1.63. The molecular weight excluding hydrogens is 261 g/mol. The fraction of sp³-hybridized carbons (Fsp3) is 0.571. The van der Waals surface area contributed by atoms with Crippen LogP contribution in [-0.2, 0) is 0 Å². The van der Waals surface area contributed by atoms with Gasteiger partial charge in [-0.3, -0.25) is 4.79 Å². The standard InChI is InChI=1S/C14H22FN3O2/c1-4-11(5-2)18(6-7-19)14(20)12-8-10(15)9-17-13(12)16-3/h8-9,11,19H,4-7H2,1-3H3,(H,16,17). The van der Waals surface area contributed by atoms with Gasteiger partial charge in [0.1, 0.15) is 11.6 Å². The number of amides is 1. The lowest BCUT2D eigenvalue weighted by atomic mass is 10.1. The molecule has 1 rings (SSSR count). The molecular formula is C14H22FN3O2. The van der Waals surface area contributed by atoms with E-state index in [-0.39, 0.29) is 30.7 Å². The highest BCUT2D eigenvalue weighted by Crippen LogP contribution is 2.19. The highest BCUT2D eigenvalue weighted by Gasteiger charge is 2.24. The summed E-state index contributed by atoms with van der Waals surface area (Å²) in [6.45, 7) is 4.06. The molecule has 1 aromatic rings. The van der Waals surface area contributed by atoms with Crippen LogP contribution in [0, 0.1) is 5.82 Å². The Morgan fingerprint density at radius 1 is 1.50 bits per heavy atom. The summed E-state index contributed by atoms with van der Waals surface area (Å²) in [5.74, 6) is -0.532. The zero-order valence-corrected chi connectivity index (χ0v) is 12.2. The minimum Gasteiger partial charge on any atom is -0.395 e. The summed E-state index contributed by atoms with van der Waals surface area (Å²) in [5, 5.41) is 11.9. The van der Waals surface area contributed by atoms with Crippen molar-refractivity contribution in [1.82, 2.24) is 9.88 Å². The predicted molar refractivity (Wildman–Crippen MR) is 76.2 cm³/mol. The van der Waals surface area contributed by atoms with Gasteiger partial charge in [-0.2, -0.15) is 0 Å². The summed E-state index contributed by atoms with van der Waals surface area (Å²) >= 11 is 0. The predicted octanol–water partition coefficient (Wildman–Crippen LogP) is 1.89. The molecule has 1 amide bonds. The smallest absolute Gasteiger partial charge is 0.258 e. The van der Waals surface area contributed by atoms with Crippen LogP contribution in [0.5, 0.6) is 0 Å². The fourth-order valence-corrected chi connectivity index (χ4v) is 2.24. The van der Waals surface area contributed by atoms with E-state index in [1.807, 2.05) is 13.8 Å². The van der Waals surface area contributed by atoms with Gasteiger partial charge in [-0.05, 0) is 18.9 Å². The normalized spacial score (nSPS) is 10.7. The Labute approximate surface area is 118 Å². The van der Waals surface area contributed by atoms with Gasteiger partial charge in [0.2, 0.25) is 0 Å². The first kappa shape index (κ1) is 16.4. The summed E-state index contributed by atoms with van der Waals surface area (Å²) < 4.78 is 13.3. The van der Waals surface area contributed by atoms with Gasteiger partial charge in [-0.25, -0.2) is 9.37 Å². The van der Waals surface area contributed by atoms with E-state index in [0.29, 0.717) is 5.82 Å². The number of nitrogens with one attached hydrogen (secondary N) is 1. The molecule has 0 aliphatic carbocycles. The highest BCUT2D eigenvalue weighted by atomic mass is 19.1. The second-order valence-corrected chi connectivity index (χ2v) is 4.49. The van der Waals surface area contributed by atoms with Gasteiger partial charge in [-0.15, -0.1) is 0 Å². The Morgan fingerprint density at radius 3 is 2.65 bits per heavy atom. The van der Waals surface area contributed by atoms with E-state index < -0.39 is 5.82 Å². The molecule has 0 bridgehead atoms. The molecule has 0 saturated heterocycles. The molecule has 0 fully saturated rings. The molecule has 5 nitrogen and oxygen atoms in total. The molecule has 6 heteroatoms. The number of hydrogen-bond acceptors (Lipinski definition) is 4. The molecule has 0 aliphatic rings. The number of aromatic nitrogens is 1. The Balaban J connectivity index is 3.14. The zero-order chi connectivity index (χ0) is 15.1. The molecule has 0 radical (unpaired) electrons. The first-order valence-corrected chi connectivity index (χ1v) is 6.84. The Morgan fingerprint density at radius 2 is 2.15 bits per heavy atom. The lowest BCUT2D eigenvalue weighted by Crippen LogP contribution is -2.42. The van der Waals surface area contributed by atoms with E-state index in [2.05, 4.69) is 10.3 Å². The van der Waals surface area contributed by atoms with Crippen molar-refractivity contribution < 1.29 is 14.3 Å². The first-order chi connectivity index (χ1) is 9.58. The third-order valence-corrected chi connectivity index (χ3v) is 3.31. The van der Waals surface area contributed by atoms with Crippen LogP contribution >= 0.6 is 0 Å². The molecule has 20 heavy (non-hydrogen) atoms. The average Bonchev–Trinajstić information content (AvgIpc) is 2.46. The number of carbonyl (C=O) groups excluding carboxylic acids is 1. The number of halogens is 1. The Kier molecular flexibility index (Phi) is 6.38. The first-order valence-electron chi connectivity index (χ1n) is 6.84. The molecule has 0 saturated carbocycles. The maximum atomic E-state index is 13.3. The largest absolute Gasteiger partial charge is 0.395 e. The van der Waals surface area contributed by atoms with Gasteiger partial charge < -0.3 is 15.3 Å². The third-order valence-electron chi connectivity index (χ3n) is 3.31. The number of anilines is 1. The van der Waals surface area contributed by atoms with E-state index in [9.17, 15) is 9.18 Å². The van der Waals surface area contributed by atoms with Crippen molar-refractivity contribution in [2.24, 2.45) is 0 Å². The molecule has 2 N–H and O–H groups in total. The van der Waals surface area contributed by atoms with Crippen LogP contribution in [-0.4, -0.2) is 47.1 Å². The van der Waals surface area contributed by atoms with Gasteiger partial charge >= 0.3 is 0 Å². The fourth-order valence-electron chi connectivity index (χ4n) is 2.24. The number of aliphatic hydroxyl groups excluding tert-OH is 1. The monoisotopic (exact) mass is 283 g/mol. The Hall–Kier alpha value is -1.69. The second kappa shape index (κ2) is 7.79. The quantitative estimate of drug-likeness (QED) is 0.802. The van der Waals surface area contributed by atoms with Crippen molar-refractivity contribution in [3.05, 3.63) is 23.6 Å². The van der Waals surface area contributed by atoms with Crippen LogP contribution in [0.3, 0.4) is 0 Å². The lowest BCUT2D eigenvalue weighted by Gasteiger charge is -2.30. The van der Waals surface area contributed by atoms with E-state index in [4.69, 9.17) is 5.11 Å². The van der Waals surface area contributed by atoms with Crippen molar-refractivity contribution in [2.45, 2.75) is 32.7 Å². The maximum Gasteiger partial charge on any atom is 0.258 e.